The molecular weight excluding hydrogens is 381 g/mol. The predicted molar refractivity (Wildman–Crippen MR) is 77.6 cm³/mol. The van der Waals surface area contributed by atoms with Crippen molar-refractivity contribution in [2.24, 2.45) is 0 Å². The molecule has 0 radical (unpaired) electrons. The molecule has 2 heterocycles. The van der Waals surface area contributed by atoms with Gasteiger partial charge in [0.15, 0.2) is 5.82 Å². The minimum atomic E-state index is 0.460. The number of pyridine rings is 1. The van der Waals surface area contributed by atoms with E-state index in [-0.39, 0.29) is 0 Å². The fraction of sp³-hybridized carbons (Fsp3) is 0.250. The van der Waals surface area contributed by atoms with E-state index in [1.165, 1.54) is 12.8 Å². The van der Waals surface area contributed by atoms with Crippen LogP contribution in [0.4, 0.5) is 0 Å². The summed E-state index contributed by atoms with van der Waals surface area (Å²) in [5.74, 6) is 1.14. The summed E-state index contributed by atoms with van der Waals surface area (Å²) in [6.07, 6.45) is 5.80. The van der Waals surface area contributed by atoms with Gasteiger partial charge in [-0.15, -0.1) is 0 Å². The van der Waals surface area contributed by atoms with Gasteiger partial charge >= 0.3 is 0 Å². The number of hydrogen-bond donors (Lipinski definition) is 0. The molecule has 2 aromatic rings. The summed E-state index contributed by atoms with van der Waals surface area (Å²) in [7, 11) is 0. The average Bonchev–Trinajstić information content (AvgIpc) is 3.16. The first-order valence-electron chi connectivity index (χ1n) is 5.49. The minimum Gasteiger partial charge on any atom is -0.263 e. The molecule has 18 heavy (non-hydrogen) atoms. The van der Waals surface area contributed by atoms with Gasteiger partial charge in [-0.3, -0.25) is 4.98 Å². The van der Waals surface area contributed by atoms with Crippen LogP contribution in [0.5, 0.6) is 0 Å². The number of rotatable bonds is 2. The molecule has 0 atom stereocenters. The zero-order valence-corrected chi connectivity index (χ0v) is 13.1. The van der Waals surface area contributed by atoms with Gasteiger partial charge in [-0.1, -0.05) is 11.6 Å². The average molecular weight is 389 g/mol. The van der Waals surface area contributed by atoms with Crippen LogP contribution in [0.3, 0.4) is 0 Å². The summed E-state index contributed by atoms with van der Waals surface area (Å²) in [4.78, 5) is 13.0. The van der Waals surface area contributed by atoms with E-state index in [9.17, 15) is 0 Å². The molecule has 3 nitrogen and oxygen atoms in total. The van der Waals surface area contributed by atoms with Crippen molar-refractivity contribution in [1.29, 1.82) is 0 Å². The second-order valence-corrected chi connectivity index (χ2v) is 6.27. The molecule has 0 aliphatic heterocycles. The fourth-order valence-electron chi connectivity index (χ4n) is 1.73. The van der Waals surface area contributed by atoms with Gasteiger partial charge in [-0.25, -0.2) is 9.97 Å². The van der Waals surface area contributed by atoms with Crippen LogP contribution >= 0.6 is 43.5 Å². The maximum atomic E-state index is 6.15. The molecule has 0 N–H and O–H groups in total. The lowest BCUT2D eigenvalue weighted by atomic mass is 10.2. The molecule has 1 aliphatic carbocycles. The molecule has 1 fully saturated rings. The Bertz CT molecular complexity index is 614. The molecule has 0 bridgehead atoms. The van der Waals surface area contributed by atoms with E-state index >= 15 is 0 Å². The van der Waals surface area contributed by atoms with Crippen molar-refractivity contribution in [2.45, 2.75) is 18.8 Å². The Morgan fingerprint density at radius 3 is 2.61 bits per heavy atom. The van der Waals surface area contributed by atoms with Gasteiger partial charge in [0.25, 0.3) is 0 Å². The first kappa shape index (κ1) is 12.5. The Morgan fingerprint density at radius 1 is 1.17 bits per heavy atom. The summed E-state index contributed by atoms with van der Waals surface area (Å²) < 4.78 is 1.72. The van der Waals surface area contributed by atoms with Crippen molar-refractivity contribution in [3.8, 4) is 11.4 Å². The molecule has 6 heteroatoms. The van der Waals surface area contributed by atoms with Crippen LogP contribution in [0.25, 0.3) is 11.4 Å². The van der Waals surface area contributed by atoms with Gasteiger partial charge in [-0.2, -0.15) is 0 Å². The van der Waals surface area contributed by atoms with E-state index in [1.54, 1.807) is 12.4 Å². The Balaban J connectivity index is 2.12. The maximum absolute atomic E-state index is 6.15. The molecule has 0 amide bonds. The third-order valence-corrected chi connectivity index (χ3v) is 4.48. The van der Waals surface area contributed by atoms with E-state index in [2.05, 4.69) is 46.8 Å². The third-order valence-electron chi connectivity index (χ3n) is 2.76. The molecule has 0 aromatic carbocycles. The number of halogens is 3. The molecule has 0 unspecified atom stereocenters. The Morgan fingerprint density at radius 2 is 1.94 bits per heavy atom. The van der Waals surface area contributed by atoms with Crippen molar-refractivity contribution in [1.82, 2.24) is 15.0 Å². The normalized spacial score (nSPS) is 14.8. The van der Waals surface area contributed by atoms with Gasteiger partial charge in [0.2, 0.25) is 0 Å². The summed E-state index contributed by atoms with van der Waals surface area (Å²) in [5.41, 5.74) is 1.87. The molecule has 1 saturated carbocycles. The van der Waals surface area contributed by atoms with Gasteiger partial charge in [0.1, 0.15) is 5.15 Å². The van der Waals surface area contributed by atoms with Crippen LogP contribution in [0.1, 0.15) is 24.5 Å². The van der Waals surface area contributed by atoms with E-state index in [1.807, 2.05) is 6.07 Å². The summed E-state index contributed by atoms with van der Waals surface area (Å²) in [6, 6.07) is 1.93. The maximum Gasteiger partial charge on any atom is 0.162 e. The monoisotopic (exact) mass is 387 g/mol. The van der Waals surface area contributed by atoms with Gasteiger partial charge in [0.05, 0.1) is 10.2 Å². The van der Waals surface area contributed by atoms with E-state index in [0.29, 0.717) is 16.9 Å². The molecule has 2 aromatic heterocycles. The lowest BCUT2D eigenvalue weighted by Gasteiger charge is -2.07. The van der Waals surface area contributed by atoms with Crippen LogP contribution in [0.2, 0.25) is 5.15 Å². The summed E-state index contributed by atoms with van der Waals surface area (Å²) in [5, 5.41) is 0.460. The highest BCUT2D eigenvalue weighted by Gasteiger charge is 2.29. The van der Waals surface area contributed by atoms with Crippen molar-refractivity contribution >= 4 is 43.5 Å². The second kappa shape index (κ2) is 4.87. The van der Waals surface area contributed by atoms with Crippen LogP contribution in [0, 0.1) is 0 Å². The van der Waals surface area contributed by atoms with Gasteiger partial charge in [-0.05, 0) is 50.8 Å². The van der Waals surface area contributed by atoms with Crippen molar-refractivity contribution in [3.05, 3.63) is 38.3 Å². The first-order chi connectivity index (χ1) is 8.65. The van der Waals surface area contributed by atoms with Crippen molar-refractivity contribution in [2.75, 3.05) is 0 Å². The van der Waals surface area contributed by atoms with Crippen molar-refractivity contribution < 1.29 is 0 Å². The molecule has 1 aliphatic rings. The van der Waals surface area contributed by atoms with E-state index in [0.717, 1.165) is 20.2 Å². The zero-order valence-electron chi connectivity index (χ0n) is 9.20. The van der Waals surface area contributed by atoms with Gasteiger partial charge in [0, 0.05) is 28.3 Å². The number of aromatic nitrogens is 3. The van der Waals surface area contributed by atoms with Crippen LogP contribution in [-0.4, -0.2) is 15.0 Å². The first-order valence-corrected chi connectivity index (χ1v) is 7.45. The topological polar surface area (TPSA) is 38.7 Å². The molecule has 0 saturated heterocycles. The third kappa shape index (κ3) is 2.44. The largest absolute Gasteiger partial charge is 0.263 e. The minimum absolute atomic E-state index is 0.460. The smallest absolute Gasteiger partial charge is 0.162 e. The standard InChI is InChI=1S/C12H8Br2ClN3/c13-8-3-7(4-16-5-8)12-17-10(6-1-2-6)9(14)11(15)18-12/h3-6H,1-2H2. The Hall–Kier alpha value is -0.520. The summed E-state index contributed by atoms with van der Waals surface area (Å²) in [6.45, 7) is 0. The van der Waals surface area contributed by atoms with Crippen LogP contribution in [0.15, 0.2) is 27.4 Å². The van der Waals surface area contributed by atoms with Crippen LogP contribution < -0.4 is 0 Å². The van der Waals surface area contributed by atoms with Gasteiger partial charge < -0.3 is 0 Å². The van der Waals surface area contributed by atoms with Crippen molar-refractivity contribution in [3.63, 3.8) is 0 Å². The Kier molecular flexibility index (Phi) is 3.38. The number of hydrogen-bond acceptors (Lipinski definition) is 3. The molecular formula is C12H8Br2ClN3. The van der Waals surface area contributed by atoms with E-state index in [4.69, 9.17) is 11.6 Å². The highest BCUT2D eigenvalue weighted by molar-refractivity contribution is 9.10. The molecule has 92 valence electrons. The van der Waals surface area contributed by atoms with Crippen LogP contribution in [-0.2, 0) is 0 Å². The Labute approximate surface area is 126 Å². The second-order valence-electron chi connectivity index (χ2n) is 4.20. The zero-order chi connectivity index (χ0) is 12.7. The lowest BCUT2D eigenvalue weighted by Crippen LogP contribution is -1.97. The fourth-order valence-corrected chi connectivity index (χ4v) is 2.77. The summed E-state index contributed by atoms with van der Waals surface area (Å²) >= 11 is 13.0. The number of nitrogens with zero attached hydrogens (tertiary/aromatic N) is 3. The highest BCUT2D eigenvalue weighted by atomic mass is 79.9. The van der Waals surface area contributed by atoms with E-state index < -0.39 is 0 Å². The lowest BCUT2D eigenvalue weighted by molar-refractivity contribution is 0.978. The quantitative estimate of drug-likeness (QED) is 0.705. The molecule has 0 spiro atoms. The molecule has 3 rings (SSSR count). The predicted octanol–water partition coefficient (Wildman–Crippen LogP) is 4.59. The SMILES string of the molecule is Clc1nc(-c2cncc(Br)c2)nc(C2CC2)c1Br. The highest BCUT2D eigenvalue weighted by Crippen LogP contribution is 2.44.